The standard InChI is InChI=1S/C10H11ClO2/c1-7-3-4-8(9(12)6-11)5-10(7)13-2/h3-5H,6H2,1-2H3. The molecule has 0 amide bonds. The number of hydrogen-bond acceptors (Lipinski definition) is 2. The van der Waals surface area contributed by atoms with Gasteiger partial charge in [-0.05, 0) is 18.6 Å². The van der Waals surface area contributed by atoms with Gasteiger partial charge in [0, 0.05) is 5.56 Å². The molecule has 1 aromatic rings. The van der Waals surface area contributed by atoms with Gasteiger partial charge in [0.2, 0.25) is 0 Å². The number of Topliss-reactive ketones (excluding diaryl/α,β-unsaturated/α-hetero) is 1. The van der Waals surface area contributed by atoms with Crippen molar-refractivity contribution in [1.29, 1.82) is 0 Å². The van der Waals surface area contributed by atoms with Crippen LogP contribution in [0.2, 0.25) is 0 Å². The average molecular weight is 199 g/mol. The molecule has 0 aromatic heterocycles. The Morgan fingerprint density at radius 3 is 2.77 bits per heavy atom. The van der Waals surface area contributed by atoms with Crippen molar-refractivity contribution >= 4 is 17.4 Å². The van der Waals surface area contributed by atoms with Gasteiger partial charge in [-0.3, -0.25) is 4.79 Å². The van der Waals surface area contributed by atoms with Gasteiger partial charge in [-0.25, -0.2) is 0 Å². The summed E-state index contributed by atoms with van der Waals surface area (Å²) >= 11 is 5.43. The normalized spacial score (nSPS) is 9.77. The zero-order chi connectivity index (χ0) is 9.84. The highest BCUT2D eigenvalue weighted by molar-refractivity contribution is 6.30. The smallest absolute Gasteiger partial charge is 0.177 e. The molecular weight excluding hydrogens is 188 g/mol. The number of aryl methyl sites for hydroxylation is 1. The van der Waals surface area contributed by atoms with Crippen LogP contribution in [0, 0.1) is 6.92 Å². The van der Waals surface area contributed by atoms with Gasteiger partial charge in [0.25, 0.3) is 0 Å². The number of hydrogen-bond donors (Lipinski definition) is 0. The van der Waals surface area contributed by atoms with E-state index >= 15 is 0 Å². The van der Waals surface area contributed by atoms with Crippen LogP contribution in [-0.4, -0.2) is 18.8 Å². The zero-order valence-corrected chi connectivity index (χ0v) is 8.39. The van der Waals surface area contributed by atoms with Crippen LogP contribution in [-0.2, 0) is 0 Å². The Morgan fingerprint density at radius 1 is 1.54 bits per heavy atom. The molecule has 0 heterocycles. The number of benzene rings is 1. The molecule has 1 aromatic carbocycles. The van der Waals surface area contributed by atoms with Crippen molar-refractivity contribution in [3.05, 3.63) is 29.3 Å². The van der Waals surface area contributed by atoms with E-state index in [4.69, 9.17) is 16.3 Å². The predicted molar refractivity (Wildman–Crippen MR) is 52.8 cm³/mol. The van der Waals surface area contributed by atoms with Crippen molar-refractivity contribution < 1.29 is 9.53 Å². The number of rotatable bonds is 3. The average Bonchev–Trinajstić information content (AvgIpc) is 2.17. The van der Waals surface area contributed by atoms with E-state index in [1.807, 2.05) is 13.0 Å². The highest BCUT2D eigenvalue weighted by atomic mass is 35.5. The number of ketones is 1. The van der Waals surface area contributed by atoms with E-state index in [1.165, 1.54) is 0 Å². The Hall–Kier alpha value is -1.02. The molecule has 3 heteroatoms. The minimum absolute atomic E-state index is 0.00617. The van der Waals surface area contributed by atoms with Gasteiger partial charge >= 0.3 is 0 Å². The number of carbonyl (C=O) groups excluding carboxylic acids is 1. The number of ether oxygens (including phenoxy) is 1. The lowest BCUT2D eigenvalue weighted by molar-refractivity contribution is 0.102. The first-order valence-corrected chi connectivity index (χ1v) is 4.46. The van der Waals surface area contributed by atoms with E-state index in [1.54, 1.807) is 19.2 Å². The summed E-state index contributed by atoms with van der Waals surface area (Å²) in [6, 6.07) is 5.31. The van der Waals surface area contributed by atoms with E-state index < -0.39 is 0 Å². The fourth-order valence-electron chi connectivity index (χ4n) is 1.07. The molecule has 0 spiro atoms. The number of halogens is 1. The molecule has 2 nitrogen and oxygen atoms in total. The van der Waals surface area contributed by atoms with E-state index in [2.05, 4.69) is 0 Å². The molecule has 0 unspecified atom stereocenters. The molecule has 0 aliphatic carbocycles. The fraction of sp³-hybridized carbons (Fsp3) is 0.300. The topological polar surface area (TPSA) is 26.3 Å². The highest BCUT2D eigenvalue weighted by Crippen LogP contribution is 2.19. The maximum absolute atomic E-state index is 11.2. The van der Waals surface area contributed by atoms with E-state index in [9.17, 15) is 4.79 Å². The second-order valence-electron chi connectivity index (χ2n) is 2.74. The monoisotopic (exact) mass is 198 g/mol. The van der Waals surface area contributed by atoms with Crippen LogP contribution in [0.1, 0.15) is 15.9 Å². The SMILES string of the molecule is COc1cc(C(=O)CCl)ccc1C. The second-order valence-corrected chi connectivity index (χ2v) is 3.01. The Bertz CT molecular complexity index is 321. The van der Waals surface area contributed by atoms with Crippen molar-refractivity contribution in [2.45, 2.75) is 6.92 Å². The predicted octanol–water partition coefficient (Wildman–Crippen LogP) is 2.43. The summed E-state index contributed by atoms with van der Waals surface area (Å²) < 4.78 is 5.08. The molecule has 13 heavy (non-hydrogen) atoms. The van der Waals surface area contributed by atoms with Gasteiger partial charge in [-0.2, -0.15) is 0 Å². The summed E-state index contributed by atoms with van der Waals surface area (Å²) in [5, 5.41) is 0. The molecule has 0 N–H and O–H groups in total. The lowest BCUT2D eigenvalue weighted by Crippen LogP contribution is -2.01. The first-order valence-electron chi connectivity index (χ1n) is 3.93. The summed E-state index contributed by atoms with van der Waals surface area (Å²) in [6.45, 7) is 1.92. The summed E-state index contributed by atoms with van der Waals surface area (Å²) in [6.07, 6.45) is 0. The van der Waals surface area contributed by atoms with Gasteiger partial charge in [0.1, 0.15) is 5.75 Å². The molecule has 70 valence electrons. The molecule has 0 fully saturated rings. The van der Waals surface area contributed by atoms with Crippen molar-refractivity contribution in [2.24, 2.45) is 0 Å². The molecule has 0 saturated heterocycles. The molecular formula is C10H11ClO2. The van der Waals surface area contributed by atoms with Gasteiger partial charge in [-0.1, -0.05) is 12.1 Å². The van der Waals surface area contributed by atoms with Crippen molar-refractivity contribution in [2.75, 3.05) is 13.0 Å². The van der Waals surface area contributed by atoms with Crippen molar-refractivity contribution in [1.82, 2.24) is 0 Å². The van der Waals surface area contributed by atoms with Crippen molar-refractivity contribution in [3.63, 3.8) is 0 Å². The van der Waals surface area contributed by atoms with Gasteiger partial charge in [-0.15, -0.1) is 11.6 Å². The Kier molecular flexibility index (Phi) is 3.32. The Balaban J connectivity index is 3.06. The Morgan fingerprint density at radius 2 is 2.23 bits per heavy atom. The third-order valence-electron chi connectivity index (χ3n) is 1.85. The van der Waals surface area contributed by atoms with Crippen LogP contribution in [0.4, 0.5) is 0 Å². The van der Waals surface area contributed by atoms with E-state index in [0.717, 1.165) is 11.3 Å². The first-order chi connectivity index (χ1) is 6.19. The number of methoxy groups -OCH3 is 1. The first kappa shape index (κ1) is 10.1. The minimum atomic E-state index is -0.0834. The summed E-state index contributed by atoms with van der Waals surface area (Å²) in [4.78, 5) is 11.2. The highest BCUT2D eigenvalue weighted by Gasteiger charge is 2.06. The fourth-order valence-corrected chi connectivity index (χ4v) is 1.22. The lowest BCUT2D eigenvalue weighted by Gasteiger charge is -2.05. The van der Waals surface area contributed by atoms with Crippen LogP contribution in [0.5, 0.6) is 5.75 Å². The quantitative estimate of drug-likeness (QED) is 0.551. The summed E-state index contributed by atoms with van der Waals surface area (Å²) in [7, 11) is 1.58. The maximum Gasteiger partial charge on any atom is 0.177 e. The zero-order valence-electron chi connectivity index (χ0n) is 7.63. The summed E-state index contributed by atoms with van der Waals surface area (Å²) in [5.74, 6) is 0.641. The molecule has 0 radical (unpaired) electrons. The van der Waals surface area contributed by atoms with Crippen LogP contribution in [0.25, 0.3) is 0 Å². The van der Waals surface area contributed by atoms with Gasteiger partial charge in [0.15, 0.2) is 5.78 Å². The van der Waals surface area contributed by atoms with Crippen LogP contribution < -0.4 is 4.74 Å². The van der Waals surface area contributed by atoms with Crippen molar-refractivity contribution in [3.8, 4) is 5.75 Å². The van der Waals surface area contributed by atoms with E-state index in [-0.39, 0.29) is 11.7 Å². The molecule has 0 atom stereocenters. The minimum Gasteiger partial charge on any atom is -0.496 e. The van der Waals surface area contributed by atoms with E-state index in [0.29, 0.717) is 5.56 Å². The summed E-state index contributed by atoms with van der Waals surface area (Å²) in [5.41, 5.74) is 1.60. The van der Waals surface area contributed by atoms with Crippen LogP contribution >= 0.6 is 11.6 Å². The number of alkyl halides is 1. The maximum atomic E-state index is 11.2. The molecule has 0 saturated carbocycles. The largest absolute Gasteiger partial charge is 0.496 e. The van der Waals surface area contributed by atoms with Crippen LogP contribution in [0.3, 0.4) is 0 Å². The molecule has 1 rings (SSSR count). The molecule has 0 aliphatic rings. The van der Waals surface area contributed by atoms with Gasteiger partial charge in [0.05, 0.1) is 13.0 Å². The Labute approximate surface area is 82.5 Å². The second kappa shape index (κ2) is 4.28. The van der Waals surface area contributed by atoms with Gasteiger partial charge < -0.3 is 4.74 Å². The molecule has 0 bridgehead atoms. The lowest BCUT2D eigenvalue weighted by atomic mass is 10.1. The third kappa shape index (κ3) is 2.22. The van der Waals surface area contributed by atoms with Crippen LogP contribution in [0.15, 0.2) is 18.2 Å². The number of carbonyl (C=O) groups is 1. The third-order valence-corrected chi connectivity index (χ3v) is 2.09. The molecule has 0 aliphatic heterocycles.